The second-order valence-corrected chi connectivity index (χ2v) is 6.50. The molecule has 6 heteroatoms. The van der Waals surface area contributed by atoms with Crippen LogP contribution in [0, 0.1) is 0 Å². The zero-order valence-electron chi connectivity index (χ0n) is 16.0. The molecule has 2 heterocycles. The first-order valence-electron chi connectivity index (χ1n) is 9.40. The van der Waals surface area contributed by atoms with Crippen molar-refractivity contribution in [2.24, 2.45) is 0 Å². The van der Waals surface area contributed by atoms with Gasteiger partial charge in [0, 0.05) is 18.3 Å². The third-order valence-electron chi connectivity index (χ3n) is 4.55. The van der Waals surface area contributed by atoms with Gasteiger partial charge in [-0.2, -0.15) is 0 Å². The molecule has 28 heavy (non-hydrogen) atoms. The van der Waals surface area contributed by atoms with E-state index in [1.807, 2.05) is 12.3 Å². The fraction of sp³-hybridized carbons (Fsp3) is 0.318. The van der Waals surface area contributed by atoms with Gasteiger partial charge in [-0.1, -0.05) is 43.3 Å². The number of carboxylic acids is 2. The summed E-state index contributed by atoms with van der Waals surface area (Å²) in [4.78, 5) is 25.3. The van der Waals surface area contributed by atoms with Crippen molar-refractivity contribution in [2.75, 3.05) is 19.6 Å². The number of aryl methyl sites for hydroxylation is 1. The molecule has 1 aliphatic rings. The minimum Gasteiger partial charge on any atom is -0.473 e. The lowest BCUT2D eigenvalue weighted by molar-refractivity contribution is -0.159. The maximum Gasteiger partial charge on any atom is 0.414 e. The Morgan fingerprint density at radius 1 is 1.04 bits per heavy atom. The average molecular weight is 382 g/mol. The molecule has 0 atom stereocenters. The molecule has 1 fully saturated rings. The van der Waals surface area contributed by atoms with Crippen molar-refractivity contribution in [1.82, 2.24) is 9.88 Å². The quantitative estimate of drug-likeness (QED) is 0.771. The van der Waals surface area contributed by atoms with Crippen LogP contribution >= 0.6 is 0 Å². The highest BCUT2D eigenvalue weighted by molar-refractivity contribution is 6.27. The van der Waals surface area contributed by atoms with E-state index in [4.69, 9.17) is 19.8 Å². The van der Waals surface area contributed by atoms with Crippen LogP contribution in [0.25, 0.3) is 5.57 Å². The van der Waals surface area contributed by atoms with Gasteiger partial charge in [0.2, 0.25) is 0 Å². The van der Waals surface area contributed by atoms with E-state index >= 15 is 0 Å². The molecule has 1 saturated heterocycles. The summed E-state index contributed by atoms with van der Waals surface area (Å²) < 4.78 is 0. The maximum absolute atomic E-state index is 9.10. The Balaban J connectivity index is 0.000000409. The number of hydrogen-bond donors (Lipinski definition) is 2. The largest absolute Gasteiger partial charge is 0.473 e. The van der Waals surface area contributed by atoms with Crippen LogP contribution in [0.5, 0.6) is 0 Å². The van der Waals surface area contributed by atoms with E-state index in [2.05, 4.69) is 59.3 Å². The summed E-state index contributed by atoms with van der Waals surface area (Å²) in [5.74, 6) is -3.65. The molecule has 3 rings (SSSR count). The number of aliphatic carboxylic acids is 2. The minimum atomic E-state index is -1.82. The number of likely N-dealkylation sites (tertiary alicyclic amines) is 1. The van der Waals surface area contributed by atoms with Gasteiger partial charge in [-0.3, -0.25) is 9.88 Å². The molecule has 0 unspecified atom stereocenters. The molecule has 1 aliphatic heterocycles. The fourth-order valence-electron chi connectivity index (χ4n) is 3.00. The Hall–Kier alpha value is -2.99. The first-order chi connectivity index (χ1) is 13.5. The lowest BCUT2D eigenvalue weighted by Crippen LogP contribution is -2.19. The van der Waals surface area contributed by atoms with E-state index in [1.54, 1.807) is 0 Å². The number of rotatable bonds is 5. The molecule has 2 N–H and O–H groups in total. The van der Waals surface area contributed by atoms with Gasteiger partial charge in [-0.15, -0.1) is 0 Å². The SMILES string of the molecule is CCc1ccc(/C(=C\CN2CCCC2)c2ccccn2)cc1.O=C(O)C(=O)O. The van der Waals surface area contributed by atoms with Crippen LogP contribution in [-0.2, 0) is 16.0 Å². The third kappa shape index (κ3) is 6.63. The zero-order valence-corrected chi connectivity index (χ0v) is 16.0. The number of hydrogen-bond acceptors (Lipinski definition) is 4. The number of carboxylic acid groups (broad SMARTS) is 2. The van der Waals surface area contributed by atoms with Crippen LogP contribution in [0.15, 0.2) is 54.7 Å². The predicted molar refractivity (Wildman–Crippen MR) is 108 cm³/mol. The first-order valence-corrected chi connectivity index (χ1v) is 9.40. The van der Waals surface area contributed by atoms with Crippen molar-refractivity contribution in [3.05, 3.63) is 71.6 Å². The molecule has 1 aromatic carbocycles. The van der Waals surface area contributed by atoms with E-state index in [0.717, 1.165) is 18.7 Å². The number of pyridine rings is 1. The summed E-state index contributed by atoms with van der Waals surface area (Å²) in [6.45, 7) is 5.65. The number of carbonyl (C=O) groups is 2. The van der Waals surface area contributed by atoms with Gasteiger partial charge in [0.1, 0.15) is 0 Å². The van der Waals surface area contributed by atoms with Crippen LogP contribution in [0.2, 0.25) is 0 Å². The lowest BCUT2D eigenvalue weighted by atomic mass is 9.99. The molecule has 1 aromatic heterocycles. The molecule has 0 spiro atoms. The molecule has 0 saturated carbocycles. The van der Waals surface area contributed by atoms with Crippen LogP contribution in [-0.4, -0.2) is 51.7 Å². The fourth-order valence-corrected chi connectivity index (χ4v) is 3.00. The molecule has 148 valence electrons. The van der Waals surface area contributed by atoms with E-state index < -0.39 is 11.9 Å². The molecule has 6 nitrogen and oxygen atoms in total. The Morgan fingerprint density at radius 2 is 1.68 bits per heavy atom. The van der Waals surface area contributed by atoms with Gasteiger partial charge in [-0.25, -0.2) is 9.59 Å². The molecule has 0 aliphatic carbocycles. The van der Waals surface area contributed by atoms with Gasteiger partial charge >= 0.3 is 11.9 Å². The van der Waals surface area contributed by atoms with Crippen LogP contribution in [0.1, 0.15) is 36.6 Å². The summed E-state index contributed by atoms with van der Waals surface area (Å²) in [6, 6.07) is 15.0. The summed E-state index contributed by atoms with van der Waals surface area (Å²) in [5.41, 5.74) is 4.94. The van der Waals surface area contributed by atoms with E-state index in [-0.39, 0.29) is 0 Å². The van der Waals surface area contributed by atoms with E-state index in [1.165, 1.54) is 42.6 Å². The maximum atomic E-state index is 9.10. The van der Waals surface area contributed by atoms with Crippen LogP contribution in [0.4, 0.5) is 0 Å². The highest BCUT2D eigenvalue weighted by atomic mass is 16.4. The van der Waals surface area contributed by atoms with Crippen LogP contribution in [0.3, 0.4) is 0 Å². The second-order valence-electron chi connectivity index (χ2n) is 6.50. The standard InChI is InChI=1S/C20H24N2.C2H2O4/c1-2-17-8-10-18(11-9-17)19(20-7-3-4-13-21-20)12-16-22-14-5-6-15-22;3-1(4)2(5)6/h3-4,7-13H,2,5-6,14-16H2,1H3;(H,3,4)(H,5,6)/b19-12+;. The highest BCUT2D eigenvalue weighted by Crippen LogP contribution is 2.23. The highest BCUT2D eigenvalue weighted by Gasteiger charge is 2.12. The predicted octanol–water partition coefficient (Wildman–Crippen LogP) is 3.33. The number of nitrogens with zero attached hydrogens (tertiary/aromatic N) is 2. The van der Waals surface area contributed by atoms with Gasteiger partial charge in [0.15, 0.2) is 0 Å². The summed E-state index contributed by atoms with van der Waals surface area (Å²) >= 11 is 0. The van der Waals surface area contributed by atoms with Crippen LogP contribution < -0.4 is 0 Å². The third-order valence-corrected chi connectivity index (χ3v) is 4.55. The van der Waals surface area contributed by atoms with E-state index in [0.29, 0.717) is 0 Å². The minimum absolute atomic E-state index is 1.02. The van der Waals surface area contributed by atoms with Crippen molar-refractivity contribution in [2.45, 2.75) is 26.2 Å². The molecular weight excluding hydrogens is 356 g/mol. The number of aromatic nitrogens is 1. The second kappa shape index (κ2) is 11.0. The summed E-state index contributed by atoms with van der Waals surface area (Å²) in [6.07, 6.45) is 7.96. The molecule has 0 bridgehead atoms. The van der Waals surface area contributed by atoms with Crippen molar-refractivity contribution >= 4 is 17.5 Å². The average Bonchev–Trinajstić information content (AvgIpc) is 3.23. The molecule has 0 amide bonds. The normalized spacial score (nSPS) is 14.2. The van der Waals surface area contributed by atoms with Gasteiger partial charge in [0.05, 0.1) is 5.69 Å². The molecular formula is C22H26N2O4. The smallest absolute Gasteiger partial charge is 0.414 e. The summed E-state index contributed by atoms with van der Waals surface area (Å²) in [5, 5.41) is 14.8. The first kappa shape index (κ1) is 21.3. The van der Waals surface area contributed by atoms with Crippen molar-refractivity contribution in [1.29, 1.82) is 0 Å². The van der Waals surface area contributed by atoms with E-state index in [9.17, 15) is 0 Å². The van der Waals surface area contributed by atoms with Crippen molar-refractivity contribution in [3.8, 4) is 0 Å². The zero-order chi connectivity index (χ0) is 20.4. The Labute approximate surface area is 165 Å². The Kier molecular flexibility index (Phi) is 8.37. The van der Waals surface area contributed by atoms with Gasteiger partial charge in [0.25, 0.3) is 0 Å². The molecule has 2 aromatic rings. The van der Waals surface area contributed by atoms with Gasteiger partial charge in [-0.05, 0) is 55.6 Å². The number of benzene rings is 1. The molecule has 0 radical (unpaired) electrons. The monoisotopic (exact) mass is 382 g/mol. The Bertz CT molecular complexity index is 783. The van der Waals surface area contributed by atoms with Gasteiger partial charge < -0.3 is 10.2 Å². The topological polar surface area (TPSA) is 90.7 Å². The van der Waals surface area contributed by atoms with Crippen molar-refractivity contribution in [3.63, 3.8) is 0 Å². The van der Waals surface area contributed by atoms with Crippen molar-refractivity contribution < 1.29 is 19.8 Å². The summed E-state index contributed by atoms with van der Waals surface area (Å²) in [7, 11) is 0. The lowest BCUT2D eigenvalue weighted by Gasteiger charge is -2.14. The Morgan fingerprint density at radius 3 is 2.18 bits per heavy atom.